The average molecular weight is 767 g/mol. The Bertz CT molecular complexity index is 2190. The van der Waals surface area contributed by atoms with E-state index in [0.717, 1.165) is 61.4 Å². The van der Waals surface area contributed by atoms with Crippen molar-refractivity contribution in [3.8, 4) is 5.75 Å². The summed E-state index contributed by atoms with van der Waals surface area (Å²) < 4.78 is 137. The molecule has 1 aliphatic carbocycles. The first-order chi connectivity index (χ1) is 24.7. The monoisotopic (exact) mass is 766 g/mol. The number of rotatable bonds is 12. The number of carbonyl (C=O) groups excluding carboxylic acids is 1. The van der Waals surface area contributed by atoms with Crippen molar-refractivity contribution < 1.29 is 58.6 Å². The van der Waals surface area contributed by atoms with Crippen molar-refractivity contribution in [3.05, 3.63) is 123 Å². The first-order valence-electron chi connectivity index (χ1n) is 16.1. The molecular formula is C37H33F7N2O6S. The van der Waals surface area contributed by atoms with E-state index in [1.165, 1.54) is 0 Å². The van der Waals surface area contributed by atoms with Crippen molar-refractivity contribution in [2.45, 2.75) is 68.8 Å². The molecule has 0 aliphatic heterocycles. The predicted molar refractivity (Wildman–Crippen MR) is 179 cm³/mol. The third-order valence-electron chi connectivity index (χ3n) is 8.79. The molecule has 5 rings (SSSR count). The highest BCUT2D eigenvalue weighted by molar-refractivity contribution is 7.89. The van der Waals surface area contributed by atoms with Gasteiger partial charge in [-0.1, -0.05) is 45.0 Å². The molecule has 1 fully saturated rings. The van der Waals surface area contributed by atoms with Crippen molar-refractivity contribution >= 4 is 27.6 Å². The SMILES string of the molecule is COc1cc(C(=O)O)ccc1NC(=O)C(Cc1cc(C2CC2)cc(C(C)(C)C)c1)N(Cc1ccc(F)cc1F)S(=O)(=O)c1c(F)c(F)c(F)c(F)c1F. The summed E-state index contributed by atoms with van der Waals surface area (Å²) >= 11 is 0. The zero-order chi connectivity index (χ0) is 39.2. The Morgan fingerprint density at radius 1 is 0.887 bits per heavy atom. The lowest BCUT2D eigenvalue weighted by atomic mass is 9.83. The number of benzene rings is 4. The number of carboxylic acids is 1. The topological polar surface area (TPSA) is 113 Å². The van der Waals surface area contributed by atoms with Crippen LogP contribution in [0.3, 0.4) is 0 Å². The molecule has 0 heterocycles. The Balaban J connectivity index is 1.76. The standard InChI is InChI=1S/C37H33F7N2O6S/c1-37(2,3)23-12-18(11-22(14-23)19-5-6-19)13-27(35(47)45-26-10-8-20(36(48)49)15-28(26)52-4)46(17-21-7-9-24(38)16-25(21)39)53(50,51)34-32(43)30(41)29(40)31(42)33(34)44/h7-12,14-16,19,27H,5-6,13,17H2,1-4H3,(H,45,47)(H,48,49). The van der Waals surface area contributed by atoms with E-state index in [1.54, 1.807) is 12.1 Å². The van der Waals surface area contributed by atoms with E-state index in [9.17, 15) is 40.7 Å². The van der Waals surface area contributed by atoms with Gasteiger partial charge in [0, 0.05) is 18.2 Å². The van der Waals surface area contributed by atoms with Crippen LogP contribution in [0.5, 0.6) is 5.75 Å². The molecule has 0 radical (unpaired) electrons. The molecular weight excluding hydrogens is 733 g/mol. The highest BCUT2D eigenvalue weighted by Gasteiger charge is 2.43. The number of carbonyl (C=O) groups is 2. The smallest absolute Gasteiger partial charge is 0.335 e. The fourth-order valence-corrected chi connectivity index (χ4v) is 7.40. The summed E-state index contributed by atoms with van der Waals surface area (Å²) in [6.07, 6.45) is 1.09. The number of nitrogens with one attached hydrogen (secondary N) is 1. The summed E-state index contributed by atoms with van der Waals surface area (Å²) in [6, 6.07) is 8.31. The van der Waals surface area contributed by atoms with Crippen molar-refractivity contribution in [1.29, 1.82) is 0 Å². The van der Waals surface area contributed by atoms with E-state index in [0.29, 0.717) is 11.6 Å². The number of carboxylic acid groups (broad SMARTS) is 1. The molecule has 1 amide bonds. The molecule has 0 aromatic heterocycles. The Kier molecular flexibility index (Phi) is 11.0. The molecule has 8 nitrogen and oxygen atoms in total. The maximum absolute atomic E-state index is 15.3. The van der Waals surface area contributed by atoms with Gasteiger partial charge < -0.3 is 15.2 Å². The van der Waals surface area contributed by atoms with E-state index < -0.39 is 97.5 Å². The van der Waals surface area contributed by atoms with Crippen LogP contribution in [0.4, 0.5) is 36.4 Å². The van der Waals surface area contributed by atoms with Gasteiger partial charge in [-0.3, -0.25) is 4.79 Å². The number of sulfonamides is 1. The van der Waals surface area contributed by atoms with Crippen molar-refractivity contribution in [3.63, 3.8) is 0 Å². The number of halogens is 7. The zero-order valence-corrected chi connectivity index (χ0v) is 29.5. The molecule has 2 N–H and O–H groups in total. The van der Waals surface area contributed by atoms with Gasteiger partial charge in [-0.2, -0.15) is 4.31 Å². The molecule has 1 aliphatic rings. The largest absolute Gasteiger partial charge is 0.495 e. The van der Waals surface area contributed by atoms with E-state index in [4.69, 9.17) is 4.74 Å². The summed E-state index contributed by atoms with van der Waals surface area (Å²) in [4.78, 5) is 23.6. The maximum atomic E-state index is 15.3. The van der Waals surface area contributed by atoms with Gasteiger partial charge in [0.1, 0.15) is 23.4 Å². The summed E-state index contributed by atoms with van der Waals surface area (Å²) in [5, 5.41) is 11.8. The Hall–Kier alpha value is -4.96. The average Bonchev–Trinajstić information content (AvgIpc) is 3.94. The summed E-state index contributed by atoms with van der Waals surface area (Å²) in [5.41, 5.74) is 0.375. The van der Waals surface area contributed by atoms with Gasteiger partial charge in [0.15, 0.2) is 28.2 Å². The highest BCUT2D eigenvalue weighted by Crippen LogP contribution is 2.42. The molecule has 0 bridgehead atoms. The minimum Gasteiger partial charge on any atom is -0.495 e. The van der Waals surface area contributed by atoms with Crippen LogP contribution in [0.1, 0.15) is 72.1 Å². The quantitative estimate of drug-likeness (QED) is 0.0860. The van der Waals surface area contributed by atoms with Crippen molar-refractivity contribution in [2.24, 2.45) is 0 Å². The molecule has 1 atom stereocenters. The number of amides is 1. The van der Waals surface area contributed by atoms with E-state index >= 15 is 13.2 Å². The molecule has 0 spiro atoms. The molecule has 282 valence electrons. The van der Waals surface area contributed by atoms with E-state index in [-0.39, 0.29) is 27.2 Å². The lowest BCUT2D eigenvalue weighted by Crippen LogP contribution is -2.49. The van der Waals surface area contributed by atoms with Gasteiger partial charge in [0.05, 0.1) is 18.4 Å². The number of anilines is 1. The third-order valence-corrected chi connectivity index (χ3v) is 10.7. The fraction of sp³-hybridized carbons (Fsp3) is 0.297. The normalized spacial score (nSPS) is 14.0. The molecule has 53 heavy (non-hydrogen) atoms. The first kappa shape index (κ1) is 39.3. The Morgan fingerprint density at radius 3 is 2.06 bits per heavy atom. The van der Waals surface area contributed by atoms with Gasteiger partial charge in [-0.05, 0) is 71.6 Å². The van der Waals surface area contributed by atoms with Crippen LogP contribution < -0.4 is 10.1 Å². The fourth-order valence-electron chi connectivity index (χ4n) is 5.72. The van der Waals surface area contributed by atoms with Crippen LogP contribution in [0, 0.1) is 40.7 Å². The number of aromatic carboxylic acids is 1. The highest BCUT2D eigenvalue weighted by atomic mass is 32.2. The number of methoxy groups -OCH3 is 1. The molecule has 4 aromatic carbocycles. The lowest BCUT2D eigenvalue weighted by Gasteiger charge is -2.31. The number of nitrogens with zero attached hydrogens (tertiary/aromatic N) is 1. The van der Waals surface area contributed by atoms with Crippen LogP contribution in [0.2, 0.25) is 0 Å². The minimum atomic E-state index is -5.99. The minimum absolute atomic E-state index is 0.0790. The van der Waals surface area contributed by atoms with Crippen LogP contribution in [0.15, 0.2) is 59.5 Å². The van der Waals surface area contributed by atoms with Gasteiger partial charge >= 0.3 is 5.97 Å². The summed E-state index contributed by atoms with van der Waals surface area (Å²) in [5.74, 6) is -18.4. The van der Waals surface area contributed by atoms with Gasteiger partial charge in [0.2, 0.25) is 21.7 Å². The molecule has 4 aromatic rings. The Labute approximate surface area is 300 Å². The molecule has 16 heteroatoms. The second kappa shape index (κ2) is 14.8. The summed E-state index contributed by atoms with van der Waals surface area (Å²) in [6.45, 7) is 4.45. The van der Waals surface area contributed by atoms with Crippen LogP contribution >= 0.6 is 0 Å². The van der Waals surface area contributed by atoms with Gasteiger partial charge in [0.25, 0.3) is 0 Å². The zero-order valence-electron chi connectivity index (χ0n) is 28.7. The van der Waals surface area contributed by atoms with Crippen LogP contribution in [0.25, 0.3) is 0 Å². The summed E-state index contributed by atoms with van der Waals surface area (Å²) in [7, 11) is -4.84. The van der Waals surface area contributed by atoms with E-state index in [1.807, 2.05) is 26.8 Å². The number of hydrogen-bond acceptors (Lipinski definition) is 5. The first-order valence-corrected chi connectivity index (χ1v) is 17.5. The molecule has 1 unspecified atom stereocenters. The maximum Gasteiger partial charge on any atom is 0.335 e. The number of hydrogen-bond donors (Lipinski definition) is 2. The van der Waals surface area contributed by atoms with Crippen LogP contribution in [-0.2, 0) is 33.2 Å². The second-order valence-electron chi connectivity index (χ2n) is 13.6. The number of ether oxygens (including phenoxy) is 1. The molecule has 1 saturated carbocycles. The lowest BCUT2D eigenvalue weighted by molar-refractivity contribution is -0.120. The van der Waals surface area contributed by atoms with Crippen molar-refractivity contribution in [1.82, 2.24) is 4.31 Å². The third kappa shape index (κ3) is 8.18. The Morgan fingerprint density at radius 2 is 1.51 bits per heavy atom. The second-order valence-corrected chi connectivity index (χ2v) is 15.4. The van der Waals surface area contributed by atoms with Crippen LogP contribution in [-0.4, -0.2) is 42.9 Å². The van der Waals surface area contributed by atoms with Gasteiger partial charge in [-0.15, -0.1) is 0 Å². The predicted octanol–water partition coefficient (Wildman–Crippen LogP) is 7.98. The molecule has 0 saturated heterocycles. The van der Waals surface area contributed by atoms with Gasteiger partial charge in [-0.25, -0.2) is 43.9 Å². The van der Waals surface area contributed by atoms with E-state index in [2.05, 4.69) is 5.32 Å². The van der Waals surface area contributed by atoms with Crippen molar-refractivity contribution in [2.75, 3.05) is 12.4 Å².